The number of benzene rings is 2. The van der Waals surface area contributed by atoms with Gasteiger partial charge in [-0.3, -0.25) is 4.98 Å². The first kappa shape index (κ1) is 16.5. The summed E-state index contributed by atoms with van der Waals surface area (Å²) in [5.74, 6) is -1.21. The lowest BCUT2D eigenvalue weighted by molar-refractivity contribution is 0.584. The third kappa shape index (κ3) is 3.02. The number of fused-ring (bicyclic) bond motifs is 1. The minimum atomic E-state index is -0.604. The summed E-state index contributed by atoms with van der Waals surface area (Å²) in [5.41, 5.74) is 8.92. The molecule has 0 spiro atoms. The Morgan fingerprint density at radius 3 is 2.21 bits per heavy atom. The van der Waals surface area contributed by atoms with Gasteiger partial charge in [-0.15, -0.1) is 0 Å². The van der Waals surface area contributed by atoms with Crippen molar-refractivity contribution in [2.24, 2.45) is 5.73 Å². The van der Waals surface area contributed by atoms with E-state index in [-0.39, 0.29) is 5.41 Å². The van der Waals surface area contributed by atoms with Gasteiger partial charge in [-0.25, -0.2) is 8.78 Å². The minimum Gasteiger partial charge on any atom is -0.325 e. The summed E-state index contributed by atoms with van der Waals surface area (Å²) in [5, 5.41) is 1.82. The Labute approximate surface area is 140 Å². The van der Waals surface area contributed by atoms with Gasteiger partial charge in [0.2, 0.25) is 0 Å². The number of pyridine rings is 1. The van der Waals surface area contributed by atoms with E-state index in [1.807, 2.05) is 12.1 Å². The van der Waals surface area contributed by atoms with Gasteiger partial charge >= 0.3 is 0 Å². The number of rotatable bonds is 2. The average Bonchev–Trinajstić information content (AvgIpc) is 2.51. The summed E-state index contributed by atoms with van der Waals surface area (Å²) in [4.78, 5) is 4.41. The van der Waals surface area contributed by atoms with Crippen LogP contribution in [0.5, 0.6) is 0 Å². The molecule has 0 radical (unpaired) electrons. The minimum absolute atomic E-state index is 0.0129. The quantitative estimate of drug-likeness (QED) is 0.725. The van der Waals surface area contributed by atoms with Gasteiger partial charge in [0, 0.05) is 29.8 Å². The smallest absolute Gasteiger partial charge is 0.126 e. The highest BCUT2D eigenvalue weighted by Gasteiger charge is 2.17. The predicted octanol–water partition coefficient (Wildman–Crippen LogP) is 4.94. The topological polar surface area (TPSA) is 38.9 Å². The van der Waals surface area contributed by atoms with Gasteiger partial charge in [-0.05, 0) is 40.1 Å². The zero-order valence-electron chi connectivity index (χ0n) is 14.0. The van der Waals surface area contributed by atoms with Crippen LogP contribution in [0, 0.1) is 11.6 Å². The molecule has 2 nitrogen and oxygen atoms in total. The number of nitrogens with zero attached hydrogens (tertiary/aromatic N) is 1. The average molecular weight is 326 g/mol. The van der Waals surface area contributed by atoms with E-state index in [1.54, 1.807) is 6.20 Å². The zero-order chi connectivity index (χ0) is 17.5. The molecule has 0 amide bonds. The molecular weight excluding hydrogens is 306 g/mol. The largest absolute Gasteiger partial charge is 0.325 e. The van der Waals surface area contributed by atoms with Crippen LogP contribution in [-0.2, 0) is 12.0 Å². The van der Waals surface area contributed by atoms with Crippen LogP contribution in [-0.4, -0.2) is 4.98 Å². The van der Waals surface area contributed by atoms with Crippen molar-refractivity contribution in [1.29, 1.82) is 0 Å². The van der Waals surface area contributed by atoms with Crippen LogP contribution < -0.4 is 5.73 Å². The molecule has 2 aromatic carbocycles. The molecule has 3 rings (SSSR count). The third-order valence-corrected chi connectivity index (χ3v) is 4.20. The maximum atomic E-state index is 13.6. The number of halogens is 2. The summed E-state index contributed by atoms with van der Waals surface area (Å²) >= 11 is 0. The molecule has 124 valence electrons. The first-order valence-electron chi connectivity index (χ1n) is 7.88. The van der Waals surface area contributed by atoms with Gasteiger partial charge < -0.3 is 5.73 Å². The molecule has 3 aromatic rings. The van der Waals surface area contributed by atoms with Gasteiger partial charge in [-0.1, -0.05) is 32.9 Å². The van der Waals surface area contributed by atoms with Gasteiger partial charge in [0.25, 0.3) is 0 Å². The van der Waals surface area contributed by atoms with Crippen LogP contribution in [0.2, 0.25) is 0 Å². The van der Waals surface area contributed by atoms with Gasteiger partial charge in [-0.2, -0.15) is 0 Å². The van der Waals surface area contributed by atoms with E-state index in [4.69, 9.17) is 5.73 Å². The first-order chi connectivity index (χ1) is 11.3. The Morgan fingerprint density at radius 2 is 1.62 bits per heavy atom. The fraction of sp³-hybridized carbons (Fsp3) is 0.250. The molecule has 24 heavy (non-hydrogen) atoms. The van der Waals surface area contributed by atoms with Crippen LogP contribution >= 0.6 is 0 Å². The summed E-state index contributed by atoms with van der Waals surface area (Å²) in [6.45, 7) is 6.71. The monoisotopic (exact) mass is 326 g/mol. The molecule has 0 unspecified atom stereocenters. The summed E-state index contributed by atoms with van der Waals surface area (Å²) in [6, 6.07) is 9.60. The molecule has 0 aliphatic heterocycles. The summed E-state index contributed by atoms with van der Waals surface area (Å²) in [7, 11) is 0. The fourth-order valence-electron chi connectivity index (χ4n) is 2.87. The van der Waals surface area contributed by atoms with Gasteiger partial charge in [0.15, 0.2) is 0 Å². The molecule has 4 heteroatoms. The van der Waals surface area contributed by atoms with E-state index in [0.29, 0.717) is 17.7 Å². The molecule has 2 N–H and O–H groups in total. The highest BCUT2D eigenvalue weighted by molar-refractivity contribution is 5.97. The second-order valence-corrected chi connectivity index (χ2v) is 6.99. The van der Waals surface area contributed by atoms with Crippen molar-refractivity contribution >= 4 is 10.8 Å². The highest BCUT2D eigenvalue weighted by atomic mass is 19.1. The van der Waals surface area contributed by atoms with Gasteiger partial charge in [0.05, 0.1) is 5.69 Å². The van der Waals surface area contributed by atoms with E-state index in [9.17, 15) is 8.78 Å². The molecule has 1 aromatic heterocycles. The Kier molecular flexibility index (Phi) is 4.10. The molecule has 0 atom stereocenters. The van der Waals surface area contributed by atoms with Crippen LogP contribution in [0.1, 0.15) is 32.0 Å². The van der Waals surface area contributed by atoms with Crippen molar-refractivity contribution in [1.82, 2.24) is 4.98 Å². The molecule has 0 saturated carbocycles. The molecule has 0 aliphatic carbocycles. The molecule has 0 saturated heterocycles. The molecular formula is C20H20F2N2. The second-order valence-electron chi connectivity index (χ2n) is 6.99. The van der Waals surface area contributed by atoms with E-state index in [0.717, 1.165) is 28.1 Å². The maximum Gasteiger partial charge on any atom is 0.126 e. The Hall–Kier alpha value is -2.33. The SMILES string of the molecule is CC(C)(C)c1ccc2c(-c3cc(F)cc(F)c3)cnc(CN)c2c1. The molecule has 0 bridgehead atoms. The highest BCUT2D eigenvalue weighted by Crippen LogP contribution is 2.33. The fourth-order valence-corrected chi connectivity index (χ4v) is 2.87. The lowest BCUT2D eigenvalue weighted by atomic mass is 9.85. The first-order valence-corrected chi connectivity index (χ1v) is 7.88. The van der Waals surface area contributed by atoms with Gasteiger partial charge in [0.1, 0.15) is 11.6 Å². The number of aromatic nitrogens is 1. The van der Waals surface area contributed by atoms with Crippen LogP contribution in [0.3, 0.4) is 0 Å². The van der Waals surface area contributed by atoms with Crippen molar-refractivity contribution in [3.8, 4) is 11.1 Å². The van der Waals surface area contributed by atoms with Crippen molar-refractivity contribution in [3.63, 3.8) is 0 Å². The van der Waals surface area contributed by atoms with Crippen LogP contribution in [0.15, 0.2) is 42.6 Å². The number of hydrogen-bond donors (Lipinski definition) is 1. The van der Waals surface area contributed by atoms with E-state index < -0.39 is 11.6 Å². The maximum absolute atomic E-state index is 13.6. The third-order valence-electron chi connectivity index (χ3n) is 4.20. The van der Waals surface area contributed by atoms with E-state index >= 15 is 0 Å². The standard InChI is InChI=1S/C20H20F2N2/c1-20(2,3)13-4-5-16-17(8-13)19(10-23)24-11-18(16)12-6-14(21)9-15(22)7-12/h4-9,11H,10,23H2,1-3H3. The Bertz CT molecular complexity index is 891. The van der Waals surface area contributed by atoms with Crippen molar-refractivity contribution in [2.45, 2.75) is 32.7 Å². The van der Waals surface area contributed by atoms with Crippen molar-refractivity contribution < 1.29 is 8.78 Å². The van der Waals surface area contributed by atoms with Crippen molar-refractivity contribution in [2.75, 3.05) is 0 Å². The Morgan fingerprint density at radius 1 is 0.958 bits per heavy atom. The lowest BCUT2D eigenvalue weighted by Crippen LogP contribution is -2.11. The summed E-state index contributed by atoms with van der Waals surface area (Å²) in [6.07, 6.45) is 1.63. The molecule has 0 aliphatic rings. The van der Waals surface area contributed by atoms with E-state index in [2.05, 4.69) is 31.8 Å². The normalized spacial score (nSPS) is 11.9. The van der Waals surface area contributed by atoms with Crippen LogP contribution in [0.25, 0.3) is 21.9 Å². The lowest BCUT2D eigenvalue weighted by Gasteiger charge is -2.20. The zero-order valence-corrected chi connectivity index (χ0v) is 14.0. The summed E-state index contributed by atoms with van der Waals surface area (Å²) < 4.78 is 27.2. The molecule has 0 fully saturated rings. The van der Waals surface area contributed by atoms with Crippen molar-refractivity contribution in [3.05, 3.63) is 65.5 Å². The van der Waals surface area contributed by atoms with E-state index in [1.165, 1.54) is 12.1 Å². The Balaban J connectivity index is 2.31. The molecule has 1 heterocycles. The number of hydrogen-bond acceptors (Lipinski definition) is 2. The van der Waals surface area contributed by atoms with Crippen LogP contribution in [0.4, 0.5) is 8.78 Å². The predicted molar refractivity (Wildman–Crippen MR) is 93.7 cm³/mol. The number of nitrogens with two attached hydrogens (primary N) is 1. The second kappa shape index (κ2) is 5.95.